The van der Waals surface area contributed by atoms with Crippen LogP contribution in [0.4, 0.5) is 4.39 Å². The summed E-state index contributed by atoms with van der Waals surface area (Å²) in [4.78, 5) is 29.0. The predicted molar refractivity (Wildman–Crippen MR) is 102 cm³/mol. The number of rotatable bonds is 7. The minimum Gasteiger partial charge on any atom is -0.507 e. The van der Waals surface area contributed by atoms with E-state index in [0.717, 1.165) is 13.1 Å². The van der Waals surface area contributed by atoms with Crippen LogP contribution in [0.15, 0.2) is 52.7 Å². The summed E-state index contributed by atoms with van der Waals surface area (Å²) >= 11 is 0. The lowest BCUT2D eigenvalue weighted by molar-refractivity contribution is -0.140. The first-order chi connectivity index (χ1) is 13.5. The van der Waals surface area contributed by atoms with E-state index in [0.29, 0.717) is 18.8 Å². The molecule has 0 aliphatic carbocycles. The van der Waals surface area contributed by atoms with E-state index in [4.69, 9.17) is 4.42 Å². The summed E-state index contributed by atoms with van der Waals surface area (Å²) in [6.45, 7) is 6.60. The van der Waals surface area contributed by atoms with E-state index in [1.165, 1.54) is 35.4 Å². The number of hydrogen-bond donors (Lipinski definition) is 1. The molecule has 1 aliphatic rings. The molecule has 1 fully saturated rings. The molecule has 2 heterocycles. The van der Waals surface area contributed by atoms with Crippen molar-refractivity contribution in [2.75, 3.05) is 26.2 Å². The average Bonchev–Trinajstić information content (AvgIpc) is 3.31. The van der Waals surface area contributed by atoms with Crippen LogP contribution in [0.3, 0.4) is 0 Å². The first-order valence-electron chi connectivity index (χ1n) is 9.28. The molecule has 1 aromatic heterocycles. The average molecular weight is 386 g/mol. The highest BCUT2D eigenvalue weighted by molar-refractivity contribution is 6.46. The molecule has 0 bridgehead atoms. The van der Waals surface area contributed by atoms with Crippen LogP contribution >= 0.6 is 0 Å². The topological polar surface area (TPSA) is 74.0 Å². The number of furan rings is 1. The Morgan fingerprint density at radius 2 is 1.86 bits per heavy atom. The van der Waals surface area contributed by atoms with Crippen LogP contribution in [-0.4, -0.2) is 52.8 Å². The number of amides is 1. The molecule has 7 heteroatoms. The molecular weight excluding hydrogens is 363 g/mol. The first kappa shape index (κ1) is 19.8. The Morgan fingerprint density at radius 1 is 1.18 bits per heavy atom. The molecule has 0 spiro atoms. The lowest BCUT2D eigenvalue weighted by atomic mass is 9.99. The van der Waals surface area contributed by atoms with Crippen molar-refractivity contribution in [3.05, 3.63) is 65.4 Å². The molecule has 1 N–H and O–H groups in total. The van der Waals surface area contributed by atoms with E-state index >= 15 is 0 Å². The number of carbonyl (C=O) groups excluding carboxylic acids is 2. The van der Waals surface area contributed by atoms with Crippen LogP contribution in [0.5, 0.6) is 0 Å². The highest BCUT2D eigenvalue weighted by Gasteiger charge is 2.47. The molecule has 2 aromatic rings. The van der Waals surface area contributed by atoms with E-state index in [9.17, 15) is 19.1 Å². The van der Waals surface area contributed by atoms with Gasteiger partial charge in [-0.3, -0.25) is 9.59 Å². The number of likely N-dealkylation sites (N-methyl/N-ethyl adjacent to an activating group) is 1. The van der Waals surface area contributed by atoms with Crippen LogP contribution in [0.1, 0.15) is 31.2 Å². The maximum Gasteiger partial charge on any atom is 0.295 e. The molecule has 6 nitrogen and oxygen atoms in total. The van der Waals surface area contributed by atoms with Crippen molar-refractivity contribution in [3.8, 4) is 0 Å². The number of hydrogen-bond acceptors (Lipinski definition) is 5. The van der Waals surface area contributed by atoms with Crippen molar-refractivity contribution in [2.45, 2.75) is 19.9 Å². The number of halogens is 1. The fraction of sp³-hybridized carbons (Fsp3) is 0.333. The standard InChI is InChI=1S/C21H23FN2O4/c1-3-23(4-2)11-12-24-18(16-6-5-13-28-16)17(20(26)21(24)27)19(25)14-7-9-15(22)10-8-14/h5-10,13,18,25H,3-4,11-12H2,1-2H3/t18-/m1/s1. The van der Waals surface area contributed by atoms with Crippen molar-refractivity contribution in [3.63, 3.8) is 0 Å². The molecule has 0 radical (unpaired) electrons. The molecule has 1 aromatic carbocycles. The number of ketones is 1. The molecule has 1 saturated heterocycles. The van der Waals surface area contributed by atoms with E-state index in [1.54, 1.807) is 12.1 Å². The SMILES string of the molecule is CCN(CC)CCN1C(=O)C(=O)C(=C(O)c2ccc(F)cc2)[C@H]1c1ccco1. The Hall–Kier alpha value is -2.93. The third-order valence-corrected chi connectivity index (χ3v) is 5.02. The van der Waals surface area contributed by atoms with Gasteiger partial charge in [-0.25, -0.2) is 4.39 Å². The second kappa shape index (κ2) is 8.39. The second-order valence-electron chi connectivity index (χ2n) is 6.54. The third kappa shape index (κ3) is 3.71. The van der Waals surface area contributed by atoms with Gasteiger partial charge in [0.1, 0.15) is 23.4 Å². The maximum absolute atomic E-state index is 13.2. The van der Waals surface area contributed by atoms with E-state index < -0.39 is 23.5 Å². The number of nitrogens with zero attached hydrogens (tertiary/aromatic N) is 2. The fourth-order valence-corrected chi connectivity index (χ4v) is 3.41. The summed E-state index contributed by atoms with van der Waals surface area (Å²) in [5.41, 5.74) is 0.214. The van der Waals surface area contributed by atoms with Gasteiger partial charge in [-0.2, -0.15) is 0 Å². The molecular formula is C21H23FN2O4. The minimum absolute atomic E-state index is 0.0499. The predicted octanol–water partition coefficient (Wildman–Crippen LogP) is 3.18. The molecule has 148 valence electrons. The lowest BCUT2D eigenvalue weighted by Gasteiger charge is -2.26. The van der Waals surface area contributed by atoms with Crippen LogP contribution in [0.2, 0.25) is 0 Å². The quantitative estimate of drug-likeness (QED) is 0.449. The summed E-state index contributed by atoms with van der Waals surface area (Å²) in [6, 6.07) is 7.62. The van der Waals surface area contributed by atoms with E-state index in [1.807, 2.05) is 13.8 Å². The molecule has 1 atom stereocenters. The molecule has 0 unspecified atom stereocenters. The van der Waals surface area contributed by atoms with Crippen molar-refractivity contribution in [2.24, 2.45) is 0 Å². The zero-order chi connectivity index (χ0) is 20.3. The Morgan fingerprint density at radius 3 is 2.43 bits per heavy atom. The van der Waals surface area contributed by atoms with Crippen molar-refractivity contribution >= 4 is 17.4 Å². The van der Waals surface area contributed by atoms with Crippen molar-refractivity contribution in [1.82, 2.24) is 9.80 Å². The van der Waals surface area contributed by atoms with Gasteiger partial charge in [0.2, 0.25) is 0 Å². The van der Waals surface area contributed by atoms with Crippen LogP contribution < -0.4 is 0 Å². The lowest BCUT2D eigenvalue weighted by Crippen LogP contribution is -2.37. The van der Waals surface area contributed by atoms with E-state index in [2.05, 4.69) is 4.90 Å². The summed E-state index contributed by atoms with van der Waals surface area (Å²) in [7, 11) is 0. The van der Waals surface area contributed by atoms with Crippen molar-refractivity contribution < 1.29 is 23.5 Å². The summed E-state index contributed by atoms with van der Waals surface area (Å²) in [6.07, 6.45) is 1.46. The molecule has 1 amide bonds. The Labute approximate surface area is 162 Å². The van der Waals surface area contributed by atoms with Gasteiger partial charge in [0.05, 0.1) is 11.8 Å². The molecule has 1 aliphatic heterocycles. The Balaban J connectivity index is 2.03. The number of aliphatic hydroxyl groups excluding tert-OH is 1. The minimum atomic E-state index is -0.824. The number of likely N-dealkylation sites (tertiary alicyclic amines) is 1. The third-order valence-electron chi connectivity index (χ3n) is 5.02. The van der Waals surface area contributed by atoms with Crippen LogP contribution in [-0.2, 0) is 9.59 Å². The maximum atomic E-state index is 13.2. The molecule has 28 heavy (non-hydrogen) atoms. The molecule has 0 saturated carbocycles. The van der Waals surface area contributed by atoms with E-state index in [-0.39, 0.29) is 16.9 Å². The largest absolute Gasteiger partial charge is 0.507 e. The molecule has 3 rings (SSSR count). The smallest absolute Gasteiger partial charge is 0.295 e. The van der Waals surface area contributed by atoms with Gasteiger partial charge in [-0.1, -0.05) is 13.8 Å². The zero-order valence-electron chi connectivity index (χ0n) is 15.9. The highest BCUT2D eigenvalue weighted by Crippen LogP contribution is 2.39. The zero-order valence-corrected chi connectivity index (χ0v) is 15.9. The number of benzene rings is 1. The fourth-order valence-electron chi connectivity index (χ4n) is 3.41. The monoisotopic (exact) mass is 386 g/mol. The second-order valence-corrected chi connectivity index (χ2v) is 6.54. The normalized spacial score (nSPS) is 19.0. The van der Waals surface area contributed by atoms with Gasteiger partial charge in [0.25, 0.3) is 11.7 Å². The summed E-state index contributed by atoms with van der Waals surface area (Å²) in [5, 5.41) is 10.8. The number of Topliss-reactive ketones (excluding diaryl/α,β-unsaturated/α-hetero) is 1. The van der Waals surface area contributed by atoms with Crippen LogP contribution in [0, 0.1) is 5.82 Å². The Bertz CT molecular complexity index is 870. The van der Waals surface area contributed by atoms with Gasteiger partial charge in [-0.05, 0) is 49.5 Å². The highest BCUT2D eigenvalue weighted by atomic mass is 19.1. The summed E-state index contributed by atoms with van der Waals surface area (Å²) in [5.74, 6) is -1.87. The van der Waals surface area contributed by atoms with Gasteiger partial charge >= 0.3 is 0 Å². The number of aliphatic hydroxyl groups is 1. The van der Waals surface area contributed by atoms with Gasteiger partial charge in [0, 0.05) is 18.7 Å². The van der Waals surface area contributed by atoms with Gasteiger partial charge in [0.15, 0.2) is 0 Å². The van der Waals surface area contributed by atoms with Crippen LogP contribution in [0.25, 0.3) is 5.76 Å². The first-order valence-corrected chi connectivity index (χ1v) is 9.28. The Kier molecular flexibility index (Phi) is 5.94. The van der Waals surface area contributed by atoms with Gasteiger partial charge in [-0.15, -0.1) is 0 Å². The van der Waals surface area contributed by atoms with Gasteiger partial charge < -0.3 is 19.3 Å². The summed E-state index contributed by atoms with van der Waals surface area (Å²) < 4.78 is 18.7. The van der Waals surface area contributed by atoms with Crippen molar-refractivity contribution in [1.29, 1.82) is 0 Å². The number of carbonyl (C=O) groups is 2.